The molecule has 0 saturated carbocycles. The van der Waals surface area contributed by atoms with E-state index in [1.54, 1.807) is 0 Å². The number of hydrogen-bond acceptors (Lipinski definition) is 5. The molecule has 0 aromatic heterocycles. The molecule has 0 N–H and O–H groups in total. The van der Waals surface area contributed by atoms with Gasteiger partial charge >= 0.3 is 0 Å². The van der Waals surface area contributed by atoms with Gasteiger partial charge < -0.3 is 23.7 Å². The van der Waals surface area contributed by atoms with Gasteiger partial charge in [0.25, 0.3) is 0 Å². The summed E-state index contributed by atoms with van der Waals surface area (Å²) in [6.07, 6.45) is -2.04. The van der Waals surface area contributed by atoms with E-state index < -0.39 is 25.0 Å². The Morgan fingerprint density at radius 2 is 1.40 bits per heavy atom. The zero-order valence-electron chi connectivity index (χ0n) is 19.5. The van der Waals surface area contributed by atoms with E-state index in [2.05, 4.69) is 0 Å². The van der Waals surface area contributed by atoms with Crippen LogP contribution in [0, 0.1) is 0 Å². The van der Waals surface area contributed by atoms with E-state index in [0.717, 1.165) is 22.3 Å². The lowest BCUT2D eigenvalue weighted by Crippen LogP contribution is -2.47. The molecule has 0 fully saturated rings. The van der Waals surface area contributed by atoms with Gasteiger partial charge in [0.2, 0.25) is 0 Å². The summed E-state index contributed by atoms with van der Waals surface area (Å²) in [5.41, 5.74) is 4.04. The fourth-order valence-electron chi connectivity index (χ4n) is 4.32. The number of benzene rings is 3. The fraction of sp³-hybridized carbons (Fsp3) is 0.310. The Bertz CT molecular complexity index is 1120. The number of ether oxygens (including phenoxy) is 5. The van der Waals surface area contributed by atoms with Crippen molar-refractivity contribution in [2.75, 3.05) is 13.3 Å². The molecular formula is C29H29FO5. The predicted octanol–water partition coefficient (Wildman–Crippen LogP) is 5.48. The Morgan fingerprint density at radius 1 is 0.771 bits per heavy atom. The van der Waals surface area contributed by atoms with Gasteiger partial charge in [0.15, 0.2) is 11.5 Å². The summed E-state index contributed by atoms with van der Waals surface area (Å²) in [5, 5.41) is 0. The van der Waals surface area contributed by atoms with E-state index in [0.29, 0.717) is 31.3 Å². The predicted molar refractivity (Wildman–Crippen MR) is 129 cm³/mol. The molecule has 0 amide bonds. The minimum atomic E-state index is -0.895. The maximum atomic E-state index is 14.2. The molecule has 2 heterocycles. The van der Waals surface area contributed by atoms with Crippen LogP contribution in [0.3, 0.4) is 0 Å². The summed E-state index contributed by atoms with van der Waals surface area (Å²) < 4.78 is 45.3. The highest BCUT2D eigenvalue weighted by Gasteiger charge is 2.42. The Kier molecular flexibility index (Phi) is 7.73. The molecule has 3 aromatic carbocycles. The summed E-state index contributed by atoms with van der Waals surface area (Å²) in [5.74, 6) is 0.805. The van der Waals surface area contributed by atoms with Crippen LogP contribution in [0.2, 0.25) is 0 Å². The van der Waals surface area contributed by atoms with Gasteiger partial charge in [-0.05, 0) is 22.3 Å². The number of fused-ring (bicyclic) bond motifs is 3. The van der Waals surface area contributed by atoms with Crippen molar-refractivity contribution in [2.45, 2.75) is 44.7 Å². The second-order valence-electron chi connectivity index (χ2n) is 8.61. The molecule has 182 valence electrons. The van der Waals surface area contributed by atoms with Gasteiger partial charge in [-0.3, -0.25) is 0 Å². The van der Waals surface area contributed by atoms with Crippen LogP contribution in [0.5, 0.6) is 0 Å². The number of halogens is 1. The SMILES string of the molecule is FC[C@@H]1OC2COCc3ccccc3COC(=C1OCc1ccccc1)[C@@H]2OCc1ccccc1. The number of alkyl halides is 1. The summed E-state index contributed by atoms with van der Waals surface area (Å²) in [6.45, 7) is 0.831. The molecule has 2 aliphatic heterocycles. The van der Waals surface area contributed by atoms with Crippen molar-refractivity contribution in [3.05, 3.63) is 119 Å². The first-order valence-electron chi connectivity index (χ1n) is 11.9. The smallest absolute Gasteiger partial charge is 0.168 e. The molecule has 3 atom stereocenters. The first kappa shape index (κ1) is 23.5. The van der Waals surface area contributed by atoms with Crippen LogP contribution in [0.1, 0.15) is 22.3 Å². The summed E-state index contributed by atoms with van der Waals surface area (Å²) in [6, 6.07) is 27.6. The highest BCUT2D eigenvalue weighted by Crippen LogP contribution is 2.34. The molecule has 0 aliphatic carbocycles. The zero-order valence-corrected chi connectivity index (χ0v) is 19.5. The van der Waals surface area contributed by atoms with E-state index in [1.807, 2.05) is 84.9 Å². The van der Waals surface area contributed by atoms with Crippen molar-refractivity contribution in [3.63, 3.8) is 0 Å². The van der Waals surface area contributed by atoms with Crippen molar-refractivity contribution < 1.29 is 28.1 Å². The first-order chi connectivity index (χ1) is 17.3. The second-order valence-corrected chi connectivity index (χ2v) is 8.61. The van der Waals surface area contributed by atoms with Gasteiger partial charge in [0.1, 0.15) is 38.2 Å². The van der Waals surface area contributed by atoms with E-state index in [1.165, 1.54) is 0 Å². The van der Waals surface area contributed by atoms with Crippen LogP contribution in [0.15, 0.2) is 96.4 Å². The van der Waals surface area contributed by atoms with Crippen molar-refractivity contribution in [1.82, 2.24) is 0 Å². The molecule has 2 aliphatic rings. The van der Waals surface area contributed by atoms with E-state index in [9.17, 15) is 4.39 Å². The minimum Gasteiger partial charge on any atom is -0.487 e. The van der Waals surface area contributed by atoms with Crippen LogP contribution < -0.4 is 0 Å². The van der Waals surface area contributed by atoms with Crippen LogP contribution >= 0.6 is 0 Å². The molecular weight excluding hydrogens is 447 g/mol. The van der Waals surface area contributed by atoms with E-state index in [-0.39, 0.29) is 13.2 Å². The average molecular weight is 477 g/mol. The van der Waals surface area contributed by atoms with Gasteiger partial charge in [-0.15, -0.1) is 0 Å². The second kappa shape index (κ2) is 11.5. The zero-order chi connectivity index (χ0) is 23.9. The third-order valence-corrected chi connectivity index (χ3v) is 6.16. The lowest BCUT2D eigenvalue weighted by Gasteiger charge is -2.38. The molecule has 1 unspecified atom stereocenters. The molecule has 2 bridgehead atoms. The third-order valence-electron chi connectivity index (χ3n) is 6.16. The fourth-order valence-corrected chi connectivity index (χ4v) is 4.32. The topological polar surface area (TPSA) is 46.2 Å². The largest absolute Gasteiger partial charge is 0.487 e. The normalized spacial score (nSPS) is 22.1. The van der Waals surface area contributed by atoms with Crippen LogP contribution in [-0.4, -0.2) is 31.6 Å². The Labute approximate surface area is 205 Å². The number of rotatable bonds is 7. The molecule has 0 saturated heterocycles. The lowest BCUT2D eigenvalue weighted by molar-refractivity contribution is -0.164. The molecule has 3 aromatic rings. The third kappa shape index (κ3) is 5.73. The maximum absolute atomic E-state index is 14.2. The highest BCUT2D eigenvalue weighted by molar-refractivity contribution is 5.27. The Morgan fingerprint density at radius 3 is 2.09 bits per heavy atom. The van der Waals surface area contributed by atoms with Gasteiger partial charge in [-0.2, -0.15) is 0 Å². The minimum absolute atomic E-state index is 0.239. The molecule has 5 nitrogen and oxygen atoms in total. The van der Waals surface area contributed by atoms with E-state index in [4.69, 9.17) is 23.7 Å². The van der Waals surface area contributed by atoms with Gasteiger partial charge in [-0.25, -0.2) is 4.39 Å². The van der Waals surface area contributed by atoms with Gasteiger partial charge in [0.05, 0.1) is 19.8 Å². The van der Waals surface area contributed by atoms with Crippen molar-refractivity contribution >= 4 is 0 Å². The van der Waals surface area contributed by atoms with E-state index >= 15 is 0 Å². The maximum Gasteiger partial charge on any atom is 0.168 e. The van der Waals surface area contributed by atoms with Crippen molar-refractivity contribution in [3.8, 4) is 0 Å². The monoisotopic (exact) mass is 476 g/mol. The molecule has 0 radical (unpaired) electrons. The van der Waals surface area contributed by atoms with Gasteiger partial charge in [0, 0.05) is 0 Å². The highest BCUT2D eigenvalue weighted by atomic mass is 19.1. The quantitative estimate of drug-likeness (QED) is 0.452. The van der Waals surface area contributed by atoms with Crippen LogP contribution in [0.25, 0.3) is 0 Å². The van der Waals surface area contributed by atoms with Crippen molar-refractivity contribution in [1.29, 1.82) is 0 Å². The summed E-state index contributed by atoms with van der Waals surface area (Å²) in [4.78, 5) is 0. The lowest BCUT2D eigenvalue weighted by atomic mass is 10.0. The molecule has 35 heavy (non-hydrogen) atoms. The average Bonchev–Trinajstić information content (AvgIpc) is 2.91. The Balaban J connectivity index is 1.48. The van der Waals surface area contributed by atoms with Gasteiger partial charge in [-0.1, -0.05) is 84.9 Å². The number of hydrogen-bond donors (Lipinski definition) is 0. The standard InChI is InChI=1S/C29H29FO5/c30-15-25-27(32-16-21-9-3-1-4-10-21)29-28(33-17-22-11-5-2-6-12-22)26(35-25)20-31-18-23-13-7-8-14-24(23)19-34-29/h1-14,25-26,28H,15-20H2/t25-,26?,28+/m0/s1. The molecule has 0 spiro atoms. The molecule has 6 heteroatoms. The first-order valence-corrected chi connectivity index (χ1v) is 11.9. The molecule has 5 rings (SSSR count). The van der Waals surface area contributed by atoms with Crippen LogP contribution in [-0.2, 0) is 50.1 Å². The van der Waals surface area contributed by atoms with Crippen molar-refractivity contribution in [2.24, 2.45) is 0 Å². The summed E-state index contributed by atoms with van der Waals surface area (Å²) in [7, 11) is 0. The van der Waals surface area contributed by atoms with Crippen LogP contribution in [0.4, 0.5) is 4.39 Å². The Hall–Kier alpha value is -3.19. The summed E-state index contributed by atoms with van der Waals surface area (Å²) >= 11 is 0.